The summed E-state index contributed by atoms with van der Waals surface area (Å²) >= 11 is 0. The van der Waals surface area contributed by atoms with Gasteiger partial charge in [0.25, 0.3) is 0 Å². The van der Waals surface area contributed by atoms with Crippen LogP contribution in [-0.4, -0.2) is 35.3 Å². The molecule has 0 aromatic rings. The van der Waals surface area contributed by atoms with E-state index in [2.05, 4.69) is 12.2 Å². The summed E-state index contributed by atoms with van der Waals surface area (Å²) in [6.07, 6.45) is 5.86. The van der Waals surface area contributed by atoms with Crippen LogP contribution in [0.15, 0.2) is 0 Å². The van der Waals surface area contributed by atoms with Gasteiger partial charge in [0, 0.05) is 6.04 Å². The minimum absolute atomic E-state index is 0.0210. The highest BCUT2D eigenvalue weighted by molar-refractivity contribution is 5.95. The molecule has 17 heavy (non-hydrogen) atoms. The van der Waals surface area contributed by atoms with Crippen molar-refractivity contribution >= 4 is 11.8 Å². The number of hydrogen-bond acceptors (Lipinski definition) is 2. The van der Waals surface area contributed by atoms with Gasteiger partial charge in [0.1, 0.15) is 6.04 Å². The molecule has 1 heterocycles. The minimum atomic E-state index is -0.223. The van der Waals surface area contributed by atoms with Crippen molar-refractivity contribution in [3.05, 3.63) is 0 Å². The van der Waals surface area contributed by atoms with Crippen molar-refractivity contribution < 1.29 is 9.59 Å². The molecule has 2 atom stereocenters. The fraction of sp³-hybridized carbons (Fsp3) is 0.846. The van der Waals surface area contributed by atoms with E-state index in [0.29, 0.717) is 11.8 Å². The van der Waals surface area contributed by atoms with Gasteiger partial charge < -0.3 is 10.2 Å². The summed E-state index contributed by atoms with van der Waals surface area (Å²) in [6, 6.07) is 0.0160. The molecule has 4 nitrogen and oxygen atoms in total. The van der Waals surface area contributed by atoms with Gasteiger partial charge in [0.05, 0.1) is 6.54 Å². The predicted octanol–water partition coefficient (Wildman–Crippen LogP) is 0.912. The third kappa shape index (κ3) is 1.94. The molecule has 3 fully saturated rings. The highest BCUT2D eigenvalue weighted by atomic mass is 16.2. The number of rotatable bonds is 3. The van der Waals surface area contributed by atoms with E-state index < -0.39 is 0 Å². The molecular formula is C13H20N2O2. The smallest absolute Gasteiger partial charge is 0.246 e. The van der Waals surface area contributed by atoms with Crippen LogP contribution < -0.4 is 5.32 Å². The molecular weight excluding hydrogens is 216 g/mol. The molecule has 1 saturated heterocycles. The Labute approximate surface area is 102 Å². The second-order valence-corrected chi connectivity index (χ2v) is 5.78. The molecule has 2 amide bonds. The van der Waals surface area contributed by atoms with Crippen LogP contribution in [0.25, 0.3) is 0 Å². The van der Waals surface area contributed by atoms with Crippen LogP contribution in [0, 0.1) is 11.8 Å². The van der Waals surface area contributed by atoms with Gasteiger partial charge in [-0.15, -0.1) is 0 Å². The van der Waals surface area contributed by atoms with E-state index in [0.717, 1.165) is 12.8 Å². The zero-order valence-electron chi connectivity index (χ0n) is 10.3. The topological polar surface area (TPSA) is 49.4 Å². The van der Waals surface area contributed by atoms with Crippen molar-refractivity contribution in [1.82, 2.24) is 10.2 Å². The third-order valence-electron chi connectivity index (χ3n) is 4.60. The van der Waals surface area contributed by atoms with Crippen molar-refractivity contribution in [2.45, 2.75) is 51.1 Å². The largest absolute Gasteiger partial charge is 0.342 e. The standard InChI is InChI=1S/C13H20N2O2/c1-8(9-3-2-4-9)15-7-11(16)14-12(13(15)17)10-5-6-10/h8-10,12H,2-7H2,1H3,(H,14,16). The molecule has 2 aliphatic carbocycles. The fourth-order valence-electron chi connectivity index (χ4n) is 2.96. The zero-order valence-corrected chi connectivity index (χ0v) is 10.3. The van der Waals surface area contributed by atoms with Crippen LogP contribution in [0.2, 0.25) is 0 Å². The van der Waals surface area contributed by atoms with E-state index in [1.807, 2.05) is 4.90 Å². The summed E-state index contributed by atoms with van der Waals surface area (Å²) in [4.78, 5) is 25.9. The van der Waals surface area contributed by atoms with Crippen LogP contribution in [-0.2, 0) is 9.59 Å². The molecule has 4 heteroatoms. The molecule has 1 N–H and O–H groups in total. The summed E-state index contributed by atoms with van der Waals surface area (Å²) < 4.78 is 0. The van der Waals surface area contributed by atoms with Gasteiger partial charge in [0.15, 0.2) is 0 Å². The zero-order chi connectivity index (χ0) is 12.0. The van der Waals surface area contributed by atoms with E-state index >= 15 is 0 Å². The summed E-state index contributed by atoms with van der Waals surface area (Å²) in [6.45, 7) is 2.37. The number of carbonyl (C=O) groups excluding carboxylic acids is 2. The monoisotopic (exact) mass is 236 g/mol. The van der Waals surface area contributed by atoms with Gasteiger partial charge in [0.2, 0.25) is 11.8 Å². The molecule has 0 aromatic heterocycles. The molecule has 2 unspecified atom stereocenters. The third-order valence-corrected chi connectivity index (χ3v) is 4.60. The first-order valence-corrected chi connectivity index (χ1v) is 6.76. The number of nitrogens with zero attached hydrogens (tertiary/aromatic N) is 1. The second-order valence-electron chi connectivity index (χ2n) is 5.78. The van der Waals surface area contributed by atoms with Crippen LogP contribution in [0.3, 0.4) is 0 Å². The van der Waals surface area contributed by atoms with Gasteiger partial charge in [-0.2, -0.15) is 0 Å². The summed E-state index contributed by atoms with van der Waals surface area (Å²) in [5, 5.41) is 2.86. The quantitative estimate of drug-likeness (QED) is 0.792. The molecule has 0 radical (unpaired) electrons. The Morgan fingerprint density at radius 1 is 1.24 bits per heavy atom. The molecule has 0 spiro atoms. The van der Waals surface area contributed by atoms with Crippen molar-refractivity contribution in [2.75, 3.05) is 6.54 Å². The maximum atomic E-state index is 12.3. The van der Waals surface area contributed by atoms with E-state index in [-0.39, 0.29) is 30.4 Å². The Kier molecular flexibility index (Phi) is 2.60. The van der Waals surface area contributed by atoms with Crippen LogP contribution in [0.4, 0.5) is 0 Å². The molecule has 2 saturated carbocycles. The van der Waals surface area contributed by atoms with Crippen LogP contribution >= 0.6 is 0 Å². The average molecular weight is 236 g/mol. The van der Waals surface area contributed by atoms with E-state index in [4.69, 9.17) is 0 Å². The first kappa shape index (κ1) is 11.1. The Morgan fingerprint density at radius 2 is 1.94 bits per heavy atom. The summed E-state index contributed by atoms with van der Waals surface area (Å²) in [5.41, 5.74) is 0. The van der Waals surface area contributed by atoms with Gasteiger partial charge >= 0.3 is 0 Å². The number of hydrogen-bond donors (Lipinski definition) is 1. The lowest BCUT2D eigenvalue weighted by molar-refractivity contribution is -0.148. The van der Waals surface area contributed by atoms with E-state index in [9.17, 15) is 9.59 Å². The Hall–Kier alpha value is -1.06. The Balaban J connectivity index is 1.72. The molecule has 3 aliphatic rings. The SMILES string of the molecule is CC(C1CCC1)N1CC(=O)NC(C2CC2)C1=O. The second kappa shape index (κ2) is 4.00. The number of piperazine rings is 1. The van der Waals surface area contributed by atoms with Crippen LogP contribution in [0.1, 0.15) is 39.0 Å². The molecule has 1 aliphatic heterocycles. The lowest BCUT2D eigenvalue weighted by Gasteiger charge is -2.42. The first-order valence-electron chi connectivity index (χ1n) is 6.76. The van der Waals surface area contributed by atoms with Gasteiger partial charge in [-0.25, -0.2) is 0 Å². The molecule has 3 rings (SSSR count). The first-order chi connectivity index (χ1) is 8.16. The van der Waals surface area contributed by atoms with E-state index in [1.165, 1.54) is 19.3 Å². The molecule has 94 valence electrons. The van der Waals surface area contributed by atoms with Gasteiger partial charge in [-0.1, -0.05) is 6.42 Å². The molecule has 0 aromatic carbocycles. The summed E-state index contributed by atoms with van der Waals surface area (Å²) in [7, 11) is 0. The number of amides is 2. The Morgan fingerprint density at radius 3 is 2.47 bits per heavy atom. The average Bonchev–Trinajstić information content (AvgIpc) is 3.01. The maximum absolute atomic E-state index is 12.3. The van der Waals surface area contributed by atoms with Gasteiger partial charge in [-0.05, 0) is 44.4 Å². The minimum Gasteiger partial charge on any atom is -0.342 e. The fourth-order valence-corrected chi connectivity index (χ4v) is 2.96. The van der Waals surface area contributed by atoms with Crippen molar-refractivity contribution in [2.24, 2.45) is 11.8 Å². The van der Waals surface area contributed by atoms with Crippen molar-refractivity contribution in [1.29, 1.82) is 0 Å². The van der Waals surface area contributed by atoms with Crippen molar-refractivity contribution in [3.63, 3.8) is 0 Å². The maximum Gasteiger partial charge on any atom is 0.246 e. The van der Waals surface area contributed by atoms with Gasteiger partial charge in [-0.3, -0.25) is 9.59 Å². The van der Waals surface area contributed by atoms with Crippen LogP contribution in [0.5, 0.6) is 0 Å². The summed E-state index contributed by atoms with van der Waals surface area (Å²) in [5.74, 6) is 1.20. The number of carbonyl (C=O) groups is 2. The predicted molar refractivity (Wildman–Crippen MR) is 63.2 cm³/mol. The van der Waals surface area contributed by atoms with E-state index in [1.54, 1.807) is 0 Å². The number of nitrogens with one attached hydrogen (secondary N) is 1. The highest BCUT2D eigenvalue weighted by Gasteiger charge is 2.45. The lowest BCUT2D eigenvalue weighted by Crippen LogP contribution is -2.62. The highest BCUT2D eigenvalue weighted by Crippen LogP contribution is 2.37. The Bertz CT molecular complexity index is 347. The lowest BCUT2D eigenvalue weighted by atomic mass is 9.79. The molecule has 0 bridgehead atoms. The van der Waals surface area contributed by atoms with Crippen molar-refractivity contribution in [3.8, 4) is 0 Å². The normalized spacial score (nSPS) is 32.1.